The minimum absolute atomic E-state index is 0.0225. The number of nitrogens with zero attached hydrogens (tertiary/aromatic N) is 2. The summed E-state index contributed by atoms with van der Waals surface area (Å²) in [6.07, 6.45) is 1.50. The van der Waals surface area contributed by atoms with Crippen molar-refractivity contribution in [3.05, 3.63) is 51.3 Å². The topological polar surface area (TPSA) is 117 Å². The fourth-order valence-electron chi connectivity index (χ4n) is 3.25. The minimum Gasteiger partial charge on any atom is -0.493 e. The number of hydrogen-bond donors (Lipinski definition) is 1. The first-order chi connectivity index (χ1) is 13.3. The summed E-state index contributed by atoms with van der Waals surface area (Å²) in [5.41, 5.74) is 6.42. The highest BCUT2D eigenvalue weighted by Crippen LogP contribution is 2.42. The molecule has 28 heavy (non-hydrogen) atoms. The molecule has 0 radical (unpaired) electrons. The summed E-state index contributed by atoms with van der Waals surface area (Å²) in [7, 11) is 1.21. The van der Waals surface area contributed by atoms with Gasteiger partial charge in [0, 0.05) is 10.9 Å². The van der Waals surface area contributed by atoms with Gasteiger partial charge in [0.1, 0.15) is 29.1 Å². The molecule has 1 aliphatic heterocycles. The Morgan fingerprint density at radius 1 is 1.43 bits per heavy atom. The van der Waals surface area contributed by atoms with Crippen LogP contribution in [0.2, 0.25) is 0 Å². The standard InChI is InChI=1S/C19H24ClN3O5/c1-11(20)7-6-10-28-14-9-5-4-8-13(14)15-16(19(24)27-3)18(21)22-12(2)17(15)23(25)26/h4-5,8-9,11,15-16H,6-7,10H2,1-3H3,(H2,21,22). The van der Waals surface area contributed by atoms with E-state index in [0.717, 1.165) is 12.8 Å². The monoisotopic (exact) mass is 409 g/mol. The second-order valence-electron chi connectivity index (χ2n) is 6.55. The Hall–Kier alpha value is -2.61. The van der Waals surface area contributed by atoms with Crippen LogP contribution in [0.4, 0.5) is 0 Å². The Morgan fingerprint density at radius 2 is 2.11 bits per heavy atom. The molecule has 2 N–H and O–H groups in total. The van der Waals surface area contributed by atoms with Gasteiger partial charge in [0.2, 0.25) is 0 Å². The normalized spacial score (nSPS) is 20.4. The number of ether oxygens (including phenoxy) is 2. The molecule has 0 aromatic heterocycles. The van der Waals surface area contributed by atoms with E-state index in [4.69, 9.17) is 26.8 Å². The number of aliphatic imine (C=N–C) groups is 1. The molecule has 2 rings (SSSR count). The summed E-state index contributed by atoms with van der Waals surface area (Å²) in [6, 6.07) is 6.89. The minimum atomic E-state index is -1.11. The number of methoxy groups -OCH3 is 1. The van der Waals surface area contributed by atoms with E-state index in [1.807, 2.05) is 6.92 Å². The SMILES string of the molecule is COC(=O)C1C(N)=NC(C)=C([N+](=O)[O-])C1c1ccccc1OCCCC(C)Cl. The average molecular weight is 410 g/mol. The first kappa shape index (κ1) is 21.7. The zero-order valence-corrected chi connectivity index (χ0v) is 16.8. The van der Waals surface area contributed by atoms with E-state index in [-0.39, 0.29) is 22.6 Å². The van der Waals surface area contributed by atoms with Crippen LogP contribution in [-0.2, 0) is 9.53 Å². The summed E-state index contributed by atoms with van der Waals surface area (Å²) >= 11 is 5.95. The van der Waals surface area contributed by atoms with Gasteiger partial charge in [-0.3, -0.25) is 14.9 Å². The van der Waals surface area contributed by atoms with Crippen LogP contribution in [0, 0.1) is 16.0 Å². The number of nitrogens with two attached hydrogens (primary N) is 1. The maximum atomic E-state index is 12.4. The predicted molar refractivity (Wildman–Crippen MR) is 106 cm³/mol. The van der Waals surface area contributed by atoms with Gasteiger partial charge in [0.15, 0.2) is 0 Å². The Labute approximate surface area is 168 Å². The highest BCUT2D eigenvalue weighted by atomic mass is 35.5. The van der Waals surface area contributed by atoms with E-state index in [1.165, 1.54) is 14.0 Å². The highest BCUT2D eigenvalue weighted by molar-refractivity contribution is 6.20. The third-order valence-corrected chi connectivity index (χ3v) is 4.74. The largest absolute Gasteiger partial charge is 0.493 e. The molecule has 1 heterocycles. The van der Waals surface area contributed by atoms with E-state index >= 15 is 0 Å². The van der Waals surface area contributed by atoms with Crippen LogP contribution in [0.5, 0.6) is 5.75 Å². The molecule has 1 aromatic carbocycles. The molecule has 0 spiro atoms. The van der Waals surface area contributed by atoms with Gasteiger partial charge in [-0.2, -0.15) is 0 Å². The summed E-state index contributed by atoms with van der Waals surface area (Å²) in [6.45, 7) is 3.79. The Balaban J connectivity index is 2.47. The number of carbonyl (C=O) groups excluding carboxylic acids is 1. The van der Waals surface area contributed by atoms with Crippen LogP contribution >= 0.6 is 11.6 Å². The van der Waals surface area contributed by atoms with Gasteiger partial charge in [-0.25, -0.2) is 4.99 Å². The molecular weight excluding hydrogens is 386 g/mol. The van der Waals surface area contributed by atoms with Crippen molar-refractivity contribution in [1.82, 2.24) is 0 Å². The number of amidine groups is 1. The number of rotatable bonds is 8. The molecular formula is C19H24ClN3O5. The van der Waals surface area contributed by atoms with Crippen LogP contribution in [0.3, 0.4) is 0 Å². The lowest BCUT2D eigenvalue weighted by Gasteiger charge is -2.28. The van der Waals surface area contributed by atoms with Crippen molar-refractivity contribution in [3.8, 4) is 5.75 Å². The van der Waals surface area contributed by atoms with Crippen molar-refractivity contribution in [2.24, 2.45) is 16.6 Å². The predicted octanol–water partition coefficient (Wildman–Crippen LogP) is 3.22. The van der Waals surface area contributed by atoms with Gasteiger partial charge >= 0.3 is 5.97 Å². The molecule has 152 valence electrons. The van der Waals surface area contributed by atoms with Gasteiger partial charge < -0.3 is 15.2 Å². The number of allylic oxidation sites excluding steroid dienone is 2. The van der Waals surface area contributed by atoms with Crippen LogP contribution in [0.15, 0.2) is 40.7 Å². The Kier molecular flexibility index (Phi) is 7.39. The summed E-state index contributed by atoms with van der Waals surface area (Å²) in [4.78, 5) is 27.7. The molecule has 3 atom stereocenters. The van der Waals surface area contributed by atoms with Gasteiger partial charge in [-0.1, -0.05) is 18.2 Å². The van der Waals surface area contributed by atoms with Crippen molar-refractivity contribution in [2.45, 2.75) is 38.0 Å². The van der Waals surface area contributed by atoms with Gasteiger partial charge in [-0.15, -0.1) is 11.6 Å². The third-order valence-electron chi connectivity index (χ3n) is 4.52. The van der Waals surface area contributed by atoms with Gasteiger partial charge in [0.25, 0.3) is 5.70 Å². The number of hydrogen-bond acceptors (Lipinski definition) is 7. The summed E-state index contributed by atoms with van der Waals surface area (Å²) in [5.74, 6) is -2.34. The van der Waals surface area contributed by atoms with Gasteiger partial charge in [0.05, 0.1) is 18.6 Å². The molecule has 1 aromatic rings. The van der Waals surface area contributed by atoms with Crippen molar-refractivity contribution in [3.63, 3.8) is 0 Å². The number of benzene rings is 1. The van der Waals surface area contributed by atoms with Crippen molar-refractivity contribution in [2.75, 3.05) is 13.7 Å². The smallest absolute Gasteiger partial charge is 0.317 e. The van der Waals surface area contributed by atoms with E-state index in [0.29, 0.717) is 17.9 Å². The molecule has 0 amide bonds. The Bertz CT molecular complexity index is 807. The second-order valence-corrected chi connectivity index (χ2v) is 7.30. The third kappa shape index (κ3) is 4.81. The molecule has 3 unspecified atom stereocenters. The second kappa shape index (κ2) is 9.54. The van der Waals surface area contributed by atoms with Gasteiger partial charge in [-0.05, 0) is 32.8 Å². The molecule has 0 bridgehead atoms. The molecule has 1 aliphatic rings. The number of carbonyl (C=O) groups is 1. The summed E-state index contributed by atoms with van der Waals surface area (Å²) in [5, 5.41) is 11.8. The fraction of sp³-hybridized carbons (Fsp3) is 0.474. The highest BCUT2D eigenvalue weighted by Gasteiger charge is 2.46. The molecule has 0 saturated heterocycles. The fourth-order valence-corrected chi connectivity index (χ4v) is 3.40. The van der Waals surface area contributed by atoms with Crippen LogP contribution in [-0.4, -0.2) is 35.8 Å². The average Bonchev–Trinajstić information content (AvgIpc) is 2.64. The molecule has 0 fully saturated rings. The zero-order valence-electron chi connectivity index (χ0n) is 16.1. The lowest BCUT2D eigenvalue weighted by atomic mass is 9.80. The van der Waals surface area contributed by atoms with Crippen molar-refractivity contribution >= 4 is 23.4 Å². The van der Waals surface area contributed by atoms with E-state index in [1.54, 1.807) is 24.3 Å². The van der Waals surface area contributed by atoms with Crippen molar-refractivity contribution in [1.29, 1.82) is 0 Å². The maximum Gasteiger partial charge on any atom is 0.317 e. The van der Waals surface area contributed by atoms with Crippen LogP contribution < -0.4 is 10.5 Å². The first-order valence-corrected chi connectivity index (χ1v) is 9.34. The summed E-state index contributed by atoms with van der Waals surface area (Å²) < 4.78 is 10.7. The number of esters is 1. The quantitative estimate of drug-likeness (QED) is 0.231. The molecule has 0 aliphatic carbocycles. The number of para-hydroxylation sites is 1. The number of alkyl halides is 1. The lowest BCUT2D eigenvalue weighted by Crippen LogP contribution is -2.40. The Morgan fingerprint density at radius 3 is 2.71 bits per heavy atom. The first-order valence-electron chi connectivity index (χ1n) is 8.90. The number of halogens is 1. The molecule has 8 nitrogen and oxygen atoms in total. The van der Waals surface area contributed by atoms with E-state index in [9.17, 15) is 14.9 Å². The maximum absolute atomic E-state index is 12.4. The molecule has 0 saturated carbocycles. The number of nitro groups is 1. The van der Waals surface area contributed by atoms with Crippen molar-refractivity contribution < 1.29 is 19.2 Å². The lowest BCUT2D eigenvalue weighted by molar-refractivity contribution is -0.432. The van der Waals surface area contributed by atoms with E-state index in [2.05, 4.69) is 4.99 Å². The van der Waals surface area contributed by atoms with Crippen LogP contribution in [0.25, 0.3) is 0 Å². The zero-order chi connectivity index (χ0) is 20.8. The van der Waals surface area contributed by atoms with Crippen LogP contribution in [0.1, 0.15) is 38.2 Å². The van der Waals surface area contributed by atoms with E-state index < -0.39 is 22.7 Å². The molecule has 9 heteroatoms.